The fourth-order valence-electron chi connectivity index (χ4n) is 4.08. The van der Waals surface area contributed by atoms with Gasteiger partial charge in [-0.05, 0) is 62.6 Å². The van der Waals surface area contributed by atoms with Gasteiger partial charge in [0.15, 0.2) is 0 Å². The van der Waals surface area contributed by atoms with Gasteiger partial charge < -0.3 is 5.32 Å². The summed E-state index contributed by atoms with van der Waals surface area (Å²) in [6.45, 7) is 6.94. The Morgan fingerprint density at radius 1 is 1.21 bits per heavy atom. The zero-order chi connectivity index (χ0) is 20.3. The Balaban J connectivity index is 1.65. The summed E-state index contributed by atoms with van der Waals surface area (Å²) in [6, 6.07) is 7.39. The van der Waals surface area contributed by atoms with Crippen LogP contribution in [0.2, 0.25) is 0 Å². The number of benzene rings is 1. The van der Waals surface area contributed by atoms with Crippen LogP contribution in [0.4, 0.5) is 0 Å². The fraction of sp³-hybridized carbons (Fsp3) is 0.476. The van der Waals surface area contributed by atoms with E-state index in [-0.39, 0.29) is 11.9 Å². The summed E-state index contributed by atoms with van der Waals surface area (Å²) >= 11 is 1.26. The molecule has 1 aliphatic rings. The molecule has 0 bridgehead atoms. The summed E-state index contributed by atoms with van der Waals surface area (Å²) in [7, 11) is -3.45. The summed E-state index contributed by atoms with van der Waals surface area (Å²) in [6.07, 6.45) is 3.36. The zero-order valence-electron chi connectivity index (χ0n) is 16.7. The smallest absolute Gasteiger partial charge is 0.252 e. The molecule has 2 heterocycles. The molecule has 1 amide bonds. The van der Waals surface area contributed by atoms with Gasteiger partial charge in [0.1, 0.15) is 4.21 Å². The molecular weight excluding hydrogens is 392 g/mol. The van der Waals surface area contributed by atoms with Gasteiger partial charge in [0.25, 0.3) is 15.9 Å². The minimum Gasteiger partial charge on any atom is -0.352 e. The van der Waals surface area contributed by atoms with Crippen molar-refractivity contribution in [2.75, 3.05) is 13.1 Å². The molecule has 1 aromatic heterocycles. The Morgan fingerprint density at radius 2 is 1.93 bits per heavy atom. The van der Waals surface area contributed by atoms with E-state index >= 15 is 0 Å². The lowest BCUT2D eigenvalue weighted by Crippen LogP contribution is -2.45. The number of amides is 1. The molecule has 1 fully saturated rings. The Bertz CT molecular complexity index is 914. The lowest BCUT2D eigenvalue weighted by molar-refractivity contribution is 0.0948. The van der Waals surface area contributed by atoms with Crippen LogP contribution >= 0.6 is 11.3 Å². The Hall–Kier alpha value is -1.70. The van der Waals surface area contributed by atoms with Gasteiger partial charge in [0.2, 0.25) is 0 Å². The van der Waals surface area contributed by atoms with Crippen molar-refractivity contribution in [1.82, 2.24) is 9.62 Å². The minimum absolute atomic E-state index is 0.0682. The molecule has 1 aliphatic heterocycles. The summed E-state index contributed by atoms with van der Waals surface area (Å²) in [4.78, 5) is 12.7. The summed E-state index contributed by atoms with van der Waals surface area (Å²) in [5.41, 5.74) is 3.80. The predicted octanol–water partition coefficient (Wildman–Crippen LogP) is 4.04. The van der Waals surface area contributed by atoms with Crippen LogP contribution in [0, 0.1) is 20.8 Å². The minimum atomic E-state index is -3.45. The highest BCUT2D eigenvalue weighted by atomic mass is 32.2. The maximum atomic E-state index is 12.9. The van der Waals surface area contributed by atoms with Crippen molar-refractivity contribution in [2.45, 2.75) is 56.7 Å². The van der Waals surface area contributed by atoms with E-state index in [4.69, 9.17) is 0 Å². The van der Waals surface area contributed by atoms with Crippen LogP contribution in [0.25, 0.3) is 0 Å². The first-order valence-electron chi connectivity index (χ1n) is 9.72. The highest BCUT2D eigenvalue weighted by molar-refractivity contribution is 7.91. The van der Waals surface area contributed by atoms with E-state index in [0.717, 1.165) is 41.5 Å². The molecule has 152 valence electrons. The Morgan fingerprint density at radius 3 is 2.57 bits per heavy atom. The number of rotatable bonds is 6. The second kappa shape index (κ2) is 8.76. The second-order valence-corrected chi connectivity index (χ2v) is 10.6. The molecule has 0 saturated carbocycles. The molecule has 28 heavy (non-hydrogen) atoms. The van der Waals surface area contributed by atoms with Gasteiger partial charge in [-0.15, -0.1) is 11.3 Å². The number of nitrogens with zero attached hydrogens (tertiary/aromatic N) is 1. The van der Waals surface area contributed by atoms with Gasteiger partial charge in [0.05, 0.1) is 0 Å². The third-order valence-corrected chi connectivity index (χ3v) is 8.62. The SMILES string of the molecule is Cc1cc(C)c(C(=O)NCCC2CCCCN2S(=O)(=O)c2cccs2)c(C)c1. The molecule has 0 spiro atoms. The highest BCUT2D eigenvalue weighted by Gasteiger charge is 2.33. The van der Waals surface area contributed by atoms with E-state index in [1.165, 1.54) is 11.3 Å². The quantitative estimate of drug-likeness (QED) is 0.767. The third-order valence-electron chi connectivity index (χ3n) is 5.30. The molecule has 0 radical (unpaired) electrons. The number of nitrogens with one attached hydrogen (secondary N) is 1. The van der Waals surface area contributed by atoms with E-state index < -0.39 is 10.0 Å². The molecule has 3 rings (SSSR count). The van der Waals surface area contributed by atoms with E-state index in [1.807, 2.05) is 32.9 Å². The van der Waals surface area contributed by atoms with E-state index in [0.29, 0.717) is 23.7 Å². The Labute approximate surface area is 171 Å². The maximum absolute atomic E-state index is 12.9. The average Bonchev–Trinajstić information content (AvgIpc) is 3.16. The first kappa shape index (κ1) is 21.0. The molecule has 7 heteroatoms. The highest BCUT2D eigenvalue weighted by Crippen LogP contribution is 2.29. The number of carbonyl (C=O) groups excluding carboxylic acids is 1. The van der Waals surface area contributed by atoms with Crippen molar-refractivity contribution in [1.29, 1.82) is 0 Å². The number of piperidine rings is 1. The molecule has 1 saturated heterocycles. The summed E-state index contributed by atoms with van der Waals surface area (Å²) in [5.74, 6) is -0.0847. The van der Waals surface area contributed by atoms with Gasteiger partial charge >= 0.3 is 0 Å². The van der Waals surface area contributed by atoms with E-state index in [1.54, 1.807) is 21.8 Å². The average molecular weight is 421 g/mol. The van der Waals surface area contributed by atoms with Gasteiger partial charge in [-0.2, -0.15) is 4.31 Å². The van der Waals surface area contributed by atoms with Crippen molar-refractivity contribution in [3.63, 3.8) is 0 Å². The molecule has 1 aromatic carbocycles. The molecule has 2 aromatic rings. The summed E-state index contributed by atoms with van der Waals surface area (Å²) in [5, 5.41) is 4.79. The lowest BCUT2D eigenvalue weighted by atomic mass is 9.99. The van der Waals surface area contributed by atoms with Crippen molar-refractivity contribution in [3.8, 4) is 0 Å². The van der Waals surface area contributed by atoms with Gasteiger partial charge in [-0.1, -0.05) is 30.2 Å². The predicted molar refractivity (Wildman–Crippen MR) is 113 cm³/mol. The molecule has 0 aliphatic carbocycles. The number of carbonyl (C=O) groups is 1. The molecule has 1 N–H and O–H groups in total. The normalized spacial score (nSPS) is 18.2. The van der Waals surface area contributed by atoms with E-state index in [2.05, 4.69) is 5.32 Å². The molecular formula is C21H28N2O3S2. The number of hydrogen-bond donors (Lipinski definition) is 1. The van der Waals surface area contributed by atoms with Crippen LogP contribution in [0.15, 0.2) is 33.9 Å². The van der Waals surface area contributed by atoms with Crippen molar-refractivity contribution < 1.29 is 13.2 Å². The number of sulfonamides is 1. The van der Waals surface area contributed by atoms with Crippen molar-refractivity contribution in [3.05, 3.63) is 51.9 Å². The zero-order valence-corrected chi connectivity index (χ0v) is 18.3. The van der Waals surface area contributed by atoms with E-state index in [9.17, 15) is 13.2 Å². The lowest BCUT2D eigenvalue weighted by Gasteiger charge is -2.34. The molecule has 5 nitrogen and oxygen atoms in total. The standard InChI is InChI=1S/C21H28N2O3S2/c1-15-13-16(2)20(17(3)14-15)21(24)22-10-9-18-7-4-5-11-23(18)28(25,26)19-8-6-12-27-19/h6,8,12-14,18H,4-5,7,9-11H2,1-3H3,(H,22,24). The number of hydrogen-bond acceptors (Lipinski definition) is 4. The Kier molecular flexibility index (Phi) is 6.58. The van der Waals surface area contributed by atoms with Crippen LogP contribution in [-0.2, 0) is 10.0 Å². The van der Waals surface area contributed by atoms with Gasteiger partial charge in [0, 0.05) is 24.7 Å². The van der Waals surface area contributed by atoms with Crippen LogP contribution in [0.3, 0.4) is 0 Å². The van der Waals surface area contributed by atoms with Crippen LogP contribution in [-0.4, -0.2) is 37.8 Å². The largest absolute Gasteiger partial charge is 0.352 e. The maximum Gasteiger partial charge on any atom is 0.252 e. The number of thiophene rings is 1. The first-order valence-corrected chi connectivity index (χ1v) is 12.0. The van der Waals surface area contributed by atoms with Crippen LogP contribution < -0.4 is 5.32 Å². The molecule has 1 unspecified atom stereocenters. The van der Waals surface area contributed by atoms with Gasteiger partial charge in [-0.3, -0.25) is 4.79 Å². The van der Waals surface area contributed by atoms with Crippen LogP contribution in [0.5, 0.6) is 0 Å². The first-order chi connectivity index (χ1) is 13.3. The summed E-state index contributed by atoms with van der Waals surface area (Å²) < 4.78 is 27.9. The van der Waals surface area contributed by atoms with Crippen molar-refractivity contribution >= 4 is 27.3 Å². The monoisotopic (exact) mass is 420 g/mol. The fourth-order valence-corrected chi connectivity index (χ4v) is 6.93. The van der Waals surface area contributed by atoms with Crippen molar-refractivity contribution in [2.24, 2.45) is 0 Å². The third kappa shape index (κ3) is 4.47. The van der Waals surface area contributed by atoms with Crippen LogP contribution in [0.1, 0.15) is 52.7 Å². The molecule has 1 atom stereocenters. The number of aryl methyl sites for hydroxylation is 3. The van der Waals surface area contributed by atoms with Gasteiger partial charge in [-0.25, -0.2) is 8.42 Å². The topological polar surface area (TPSA) is 66.5 Å². The second-order valence-electron chi connectivity index (χ2n) is 7.52.